The molecule has 1 radical (unpaired) electrons. The van der Waals surface area contributed by atoms with E-state index in [9.17, 15) is 9.59 Å². The number of nitrogens with one attached hydrogen (secondary N) is 1. The van der Waals surface area contributed by atoms with E-state index in [-0.39, 0.29) is 47.0 Å². The van der Waals surface area contributed by atoms with Gasteiger partial charge >= 0.3 is 12.1 Å². The number of benzene rings is 2. The number of tetrazole rings is 1. The molecule has 0 aliphatic rings. The fourth-order valence-corrected chi connectivity index (χ4v) is 4.33. The molecule has 0 aliphatic heterocycles. The Morgan fingerprint density at radius 2 is 1.77 bits per heavy atom. The summed E-state index contributed by atoms with van der Waals surface area (Å²) in [7, 11) is 0. The maximum atomic E-state index is 13.1. The van der Waals surface area contributed by atoms with Gasteiger partial charge in [-0.25, -0.2) is 14.6 Å². The van der Waals surface area contributed by atoms with Crippen molar-refractivity contribution in [3.8, 4) is 22.5 Å². The molecule has 0 fully saturated rings. The number of H-pyrrole nitrogens is 1. The van der Waals surface area contributed by atoms with Crippen LogP contribution in [-0.4, -0.2) is 84.8 Å². The molecule has 2 aromatic heterocycles. The Bertz CT molecular complexity index is 1410. The molecule has 0 saturated carbocycles. The van der Waals surface area contributed by atoms with Gasteiger partial charge in [0.05, 0.1) is 6.61 Å². The first-order valence-electron chi connectivity index (χ1n) is 12.6. The van der Waals surface area contributed by atoms with Gasteiger partial charge in [-0.15, -0.1) is 10.2 Å². The average molecular weight is 576 g/mol. The fourth-order valence-electron chi connectivity index (χ4n) is 4.05. The minimum atomic E-state index is -1.17. The van der Waals surface area contributed by atoms with E-state index in [0.717, 1.165) is 35.1 Å². The van der Waals surface area contributed by atoms with Crippen LogP contribution in [-0.2, 0) is 27.2 Å². The predicted octanol–water partition coefficient (Wildman–Crippen LogP) is 5.07. The summed E-state index contributed by atoms with van der Waals surface area (Å²) in [5.41, 5.74) is 3.80. The molecule has 11 nitrogen and oxygen atoms in total. The van der Waals surface area contributed by atoms with E-state index in [0.29, 0.717) is 24.6 Å². The van der Waals surface area contributed by atoms with Crippen LogP contribution in [0.2, 0.25) is 5.15 Å². The number of nitrogens with zero attached hydrogens (tertiary/aromatic N) is 5. The Hall–Kier alpha value is -3.25. The van der Waals surface area contributed by atoms with Crippen LogP contribution >= 0.6 is 11.6 Å². The Morgan fingerprint density at radius 3 is 2.42 bits per heavy atom. The summed E-state index contributed by atoms with van der Waals surface area (Å²) < 4.78 is 16.8. The predicted molar refractivity (Wildman–Crippen MR) is 149 cm³/mol. The van der Waals surface area contributed by atoms with Crippen molar-refractivity contribution < 1.29 is 23.8 Å². The van der Waals surface area contributed by atoms with E-state index in [1.807, 2.05) is 48.5 Å². The number of hydrogen-bond donors (Lipinski definition) is 1. The first-order chi connectivity index (χ1) is 18.9. The third kappa shape index (κ3) is 7.69. The SMILES string of the molecule is CCCCc1nc(Cl)c(C(=O)OC(C)OC(=O)OCC)n1Cc1ccc(-c2ccccc2-c2nn[nH]n2)cc1.[Na]. The minimum Gasteiger partial charge on any atom is -0.435 e. The minimum absolute atomic E-state index is 0. The van der Waals surface area contributed by atoms with Gasteiger partial charge in [-0.1, -0.05) is 73.5 Å². The van der Waals surface area contributed by atoms with Crippen LogP contribution in [0.1, 0.15) is 55.5 Å². The number of unbranched alkanes of at least 4 members (excludes halogenated alkanes) is 1. The number of halogens is 1. The van der Waals surface area contributed by atoms with Crippen molar-refractivity contribution in [2.75, 3.05) is 6.61 Å². The molecule has 4 aromatic rings. The average Bonchev–Trinajstić information content (AvgIpc) is 3.56. The van der Waals surface area contributed by atoms with Crippen LogP contribution in [0.15, 0.2) is 48.5 Å². The van der Waals surface area contributed by atoms with Crippen LogP contribution in [0.4, 0.5) is 4.79 Å². The summed E-state index contributed by atoms with van der Waals surface area (Å²) in [5, 5.41) is 14.4. The van der Waals surface area contributed by atoms with Crippen molar-refractivity contribution in [1.29, 1.82) is 0 Å². The second kappa shape index (κ2) is 14.9. The third-order valence-electron chi connectivity index (χ3n) is 5.87. The van der Waals surface area contributed by atoms with Crippen molar-refractivity contribution in [2.45, 2.75) is 52.9 Å². The molecule has 205 valence electrons. The van der Waals surface area contributed by atoms with Gasteiger partial charge in [0.15, 0.2) is 10.8 Å². The van der Waals surface area contributed by atoms with Crippen molar-refractivity contribution in [3.63, 3.8) is 0 Å². The summed E-state index contributed by atoms with van der Waals surface area (Å²) >= 11 is 6.42. The number of aryl methyl sites for hydroxylation is 1. The number of ether oxygens (including phenoxy) is 3. The molecule has 0 amide bonds. The number of carbonyl (C=O) groups excluding carboxylic acids is 2. The quantitative estimate of drug-likeness (QED) is 0.148. The molecule has 40 heavy (non-hydrogen) atoms. The molecule has 0 saturated heterocycles. The zero-order chi connectivity index (χ0) is 27.8. The van der Waals surface area contributed by atoms with Crippen molar-refractivity contribution in [1.82, 2.24) is 30.2 Å². The number of imidazole rings is 1. The van der Waals surface area contributed by atoms with Gasteiger partial charge < -0.3 is 18.8 Å². The van der Waals surface area contributed by atoms with Crippen molar-refractivity contribution in [3.05, 3.63) is 70.8 Å². The molecule has 0 spiro atoms. The number of esters is 1. The van der Waals surface area contributed by atoms with Crippen LogP contribution in [0, 0.1) is 0 Å². The fraction of sp³-hybridized carbons (Fsp3) is 0.333. The first-order valence-corrected chi connectivity index (χ1v) is 13.0. The van der Waals surface area contributed by atoms with E-state index < -0.39 is 18.4 Å². The van der Waals surface area contributed by atoms with E-state index in [4.69, 9.17) is 25.8 Å². The molecule has 0 aliphatic carbocycles. The maximum absolute atomic E-state index is 13.1. The Labute approximate surface area is 258 Å². The molecule has 2 heterocycles. The Balaban J connectivity index is 0.00000441. The second-order valence-corrected chi connectivity index (χ2v) is 8.97. The molecule has 1 unspecified atom stereocenters. The molecule has 1 N–H and O–H groups in total. The standard InChI is InChI=1S/C27H29ClN6O5.Na/c1-4-6-11-22-29-24(28)23(26(35)38-17(3)39-27(36)37-5-2)34(22)16-18-12-14-19(15-13-18)20-9-7-8-10-21(20)25-30-32-33-31-25;/h7-10,12-15,17H,4-6,11,16H2,1-3H3,(H,30,31,32,33);. The van der Waals surface area contributed by atoms with Crippen LogP contribution in [0.25, 0.3) is 22.5 Å². The van der Waals surface area contributed by atoms with Gasteiger partial charge in [0.1, 0.15) is 5.82 Å². The van der Waals surface area contributed by atoms with Gasteiger partial charge in [-0.2, -0.15) is 5.21 Å². The largest absolute Gasteiger partial charge is 0.511 e. The van der Waals surface area contributed by atoms with Crippen molar-refractivity contribution >= 4 is 53.3 Å². The second-order valence-electron chi connectivity index (χ2n) is 8.61. The van der Waals surface area contributed by atoms with Crippen LogP contribution in [0.5, 0.6) is 0 Å². The van der Waals surface area contributed by atoms with Gasteiger partial charge in [-0.3, -0.25) is 0 Å². The molecule has 4 rings (SSSR count). The monoisotopic (exact) mass is 575 g/mol. The normalized spacial score (nSPS) is 11.4. The Morgan fingerprint density at radius 1 is 1.05 bits per heavy atom. The smallest absolute Gasteiger partial charge is 0.435 e. The van der Waals surface area contributed by atoms with Gasteiger partial charge in [0.25, 0.3) is 0 Å². The molecular weight excluding hydrogens is 547 g/mol. The summed E-state index contributed by atoms with van der Waals surface area (Å²) in [4.78, 5) is 29.1. The summed E-state index contributed by atoms with van der Waals surface area (Å²) in [6, 6.07) is 15.7. The van der Waals surface area contributed by atoms with Crippen LogP contribution < -0.4 is 0 Å². The number of aromatic amines is 1. The van der Waals surface area contributed by atoms with Gasteiger partial charge in [-0.05, 0) is 35.2 Å². The zero-order valence-electron chi connectivity index (χ0n) is 22.9. The number of aromatic nitrogens is 6. The number of carbonyl (C=O) groups is 2. The van der Waals surface area contributed by atoms with Crippen LogP contribution in [0.3, 0.4) is 0 Å². The van der Waals surface area contributed by atoms with E-state index in [1.165, 1.54) is 6.92 Å². The molecule has 0 bridgehead atoms. The molecular formula is C27H29ClN6NaO5. The molecule has 2 aromatic carbocycles. The number of hydrogen-bond acceptors (Lipinski definition) is 9. The van der Waals surface area contributed by atoms with E-state index >= 15 is 0 Å². The summed E-state index contributed by atoms with van der Waals surface area (Å²) in [5.74, 6) is 0.421. The topological polar surface area (TPSA) is 134 Å². The van der Waals surface area contributed by atoms with E-state index in [2.05, 4.69) is 32.5 Å². The van der Waals surface area contributed by atoms with E-state index in [1.54, 1.807) is 11.5 Å². The van der Waals surface area contributed by atoms with Gasteiger partial charge in [0.2, 0.25) is 12.1 Å². The number of rotatable bonds is 11. The third-order valence-corrected chi connectivity index (χ3v) is 6.13. The summed E-state index contributed by atoms with van der Waals surface area (Å²) in [6.45, 7) is 5.62. The zero-order valence-corrected chi connectivity index (χ0v) is 25.6. The maximum Gasteiger partial charge on any atom is 0.511 e. The molecule has 13 heteroatoms. The Kier molecular flexibility index (Phi) is 11.7. The van der Waals surface area contributed by atoms with Gasteiger partial charge in [0, 0.05) is 55.0 Å². The summed E-state index contributed by atoms with van der Waals surface area (Å²) in [6.07, 6.45) is 0.351. The molecule has 1 atom stereocenters. The van der Waals surface area contributed by atoms with Crippen molar-refractivity contribution in [2.24, 2.45) is 0 Å². The first kappa shape index (κ1) is 31.3.